The van der Waals surface area contributed by atoms with E-state index in [9.17, 15) is 0 Å². The highest BCUT2D eigenvalue weighted by Crippen LogP contribution is 2.26. The van der Waals surface area contributed by atoms with Crippen LogP contribution in [-0.2, 0) is 13.6 Å². The predicted molar refractivity (Wildman–Crippen MR) is 101 cm³/mol. The van der Waals surface area contributed by atoms with Crippen molar-refractivity contribution in [2.45, 2.75) is 26.3 Å². The van der Waals surface area contributed by atoms with Gasteiger partial charge in [-0.15, -0.1) is 0 Å². The molecular formula is C8H15Al2Cl6IN2. The van der Waals surface area contributed by atoms with Crippen LogP contribution in [0.3, 0.4) is 0 Å². The third kappa shape index (κ3) is 29.4. The number of rotatable bonds is 3. The molecule has 11 heteroatoms. The summed E-state index contributed by atoms with van der Waals surface area (Å²) in [6.45, 7) is 3.36. The zero-order valence-electron chi connectivity index (χ0n) is 10.5. The molecule has 0 aliphatic heterocycles. The predicted octanol–water partition coefficient (Wildman–Crippen LogP) is 5.37. The molecule has 0 fully saturated rings. The average molecular weight is 533 g/mol. The maximum Gasteiger partial charge on any atom is 0.643 e. The van der Waals surface area contributed by atoms with Crippen molar-refractivity contribution in [3.8, 4) is 0 Å². The summed E-state index contributed by atoms with van der Waals surface area (Å²) in [7, 11) is 30.1. The molecule has 0 spiro atoms. The van der Waals surface area contributed by atoms with Crippen LogP contribution < -0.4 is 4.57 Å². The Hall–Kier alpha value is 2.74. The fourth-order valence-electron chi connectivity index (χ4n) is 0.975. The van der Waals surface area contributed by atoms with Gasteiger partial charge < -0.3 is 50.4 Å². The van der Waals surface area contributed by atoms with Gasteiger partial charge in [-0.25, -0.2) is 39.3 Å². The molecule has 2 nitrogen and oxygen atoms in total. The Morgan fingerprint density at radius 2 is 1.68 bits per heavy atom. The number of imidazole rings is 1. The molecule has 0 unspecified atom stereocenters. The Balaban J connectivity index is 0. The second-order valence-electron chi connectivity index (χ2n) is 3.41. The molecule has 1 heterocycles. The molecule has 112 valence electrons. The lowest BCUT2D eigenvalue weighted by Crippen LogP contribution is -2.23. The normalized spacial score (nSPS) is 9.95. The third-order valence-corrected chi connectivity index (χ3v) is 1.59. The molecule has 0 aliphatic carbocycles. The van der Waals surface area contributed by atoms with E-state index in [1.54, 1.807) is 0 Å². The Morgan fingerprint density at radius 3 is 1.95 bits per heavy atom. The number of nitrogens with zero attached hydrogens (tertiary/aromatic N) is 2. The number of unbranched alkanes of at least 4 members (excludes halogenated alkanes) is 1. The van der Waals surface area contributed by atoms with Gasteiger partial charge >= 0.3 is 18.4 Å². The first-order valence-corrected chi connectivity index (χ1v) is 20.0. The van der Waals surface area contributed by atoms with Gasteiger partial charge in [-0.05, 0) is 6.42 Å². The summed E-state index contributed by atoms with van der Waals surface area (Å²) in [6, 6.07) is 0. The minimum absolute atomic E-state index is 1.15. The van der Waals surface area contributed by atoms with Crippen LogP contribution in [0.1, 0.15) is 19.8 Å². The second-order valence-corrected chi connectivity index (χ2v) is 31.0. The minimum Gasteiger partial charge on any atom is -0.397 e. The van der Waals surface area contributed by atoms with Crippen molar-refractivity contribution in [3.63, 3.8) is 0 Å². The molecule has 0 amide bonds. The molecule has 0 atom stereocenters. The van der Waals surface area contributed by atoms with Crippen LogP contribution in [0.5, 0.6) is 0 Å². The molecule has 19 heavy (non-hydrogen) atoms. The molecule has 0 radical (unpaired) electrons. The number of halogens is 7. The van der Waals surface area contributed by atoms with E-state index in [4.69, 9.17) is 60.3 Å². The number of aryl methyl sites for hydroxylation is 2. The van der Waals surface area contributed by atoms with Gasteiger partial charge in [0.1, 0.15) is 12.4 Å². The van der Waals surface area contributed by atoms with Crippen molar-refractivity contribution in [2.75, 3.05) is 0 Å². The van der Waals surface area contributed by atoms with E-state index < -0.39 is 18.4 Å². The standard InChI is InChI=1S/C8H15N2.2Al.6ClH.HI/c1-3-4-5-10-7-6-9(2)8-10;;;;;;;;;/h6-8H,3-5H2,1-2H3;;;7*1H/q+1;2*+3;;;;;;;/p-7. The Bertz CT molecular complexity index is 312. The molecule has 1 aromatic heterocycles. The monoisotopic (exact) mass is 530 g/mol. The lowest BCUT2D eigenvalue weighted by Gasteiger charge is -1.98. The van der Waals surface area contributed by atoms with E-state index in [1.165, 1.54) is 12.8 Å². The lowest BCUT2D eigenvalue weighted by atomic mass is 10.3. The molecule has 0 aliphatic rings. The van der Waals surface area contributed by atoms with Crippen LogP contribution in [0, 0.1) is 0 Å². The zero-order valence-corrected chi connectivity index (χ0v) is 19.6. The molecule has 0 aromatic carbocycles. The highest BCUT2D eigenvalue weighted by molar-refractivity contribution is 14.1. The van der Waals surface area contributed by atoms with E-state index in [2.05, 4.69) is 34.8 Å². The molecule has 1 rings (SSSR count). The highest BCUT2D eigenvalue weighted by atomic mass is 127. The van der Waals surface area contributed by atoms with Crippen LogP contribution >= 0.6 is 80.6 Å². The fraction of sp³-hybridized carbons (Fsp3) is 0.625. The Morgan fingerprint density at radius 1 is 1.26 bits per heavy atom. The van der Waals surface area contributed by atoms with Gasteiger partial charge in [0, 0.05) is 0 Å². The lowest BCUT2D eigenvalue weighted by molar-refractivity contribution is -0.671. The first kappa shape index (κ1) is 24.0. The quantitative estimate of drug-likeness (QED) is 0.281. The van der Waals surface area contributed by atoms with Gasteiger partial charge in [0.25, 0.3) is 0 Å². The highest BCUT2D eigenvalue weighted by Gasteiger charge is 2.13. The smallest absolute Gasteiger partial charge is 0.397 e. The topological polar surface area (TPSA) is 8.81 Å². The maximum atomic E-state index is 5.21. The summed E-state index contributed by atoms with van der Waals surface area (Å²) in [5.41, 5.74) is 0. The van der Waals surface area contributed by atoms with E-state index in [0.29, 0.717) is 0 Å². The van der Waals surface area contributed by atoms with Gasteiger partial charge in [0.2, 0.25) is 6.33 Å². The molecule has 0 saturated carbocycles. The Kier molecular flexibility index (Phi) is 18.1. The van der Waals surface area contributed by atoms with E-state index in [1.807, 2.05) is 27.3 Å². The first-order valence-electron chi connectivity index (χ1n) is 5.36. The van der Waals surface area contributed by atoms with Crippen LogP contribution in [0.2, 0.25) is 0 Å². The number of aromatic nitrogens is 2. The van der Waals surface area contributed by atoms with Gasteiger partial charge in [-0.3, -0.25) is 0 Å². The first-order chi connectivity index (χ1) is 8.56. The Labute approximate surface area is 158 Å². The maximum absolute atomic E-state index is 5.21. The van der Waals surface area contributed by atoms with Crippen molar-refractivity contribution in [2.24, 2.45) is 7.05 Å². The SMILES string of the molecule is CCCCn1cc[n+](C)c1.[Cl][Al-]([Cl])([Cl])[I].[Cl][Al]([Cl])[Cl]. The fourth-order valence-corrected chi connectivity index (χ4v) is 0.975. The summed E-state index contributed by atoms with van der Waals surface area (Å²) in [5, 5.41) is 0. The summed E-state index contributed by atoms with van der Waals surface area (Å²) >= 11 is 0.118. The van der Waals surface area contributed by atoms with Crippen LogP contribution in [-0.4, -0.2) is 23.0 Å². The zero-order chi connectivity index (χ0) is 15.5. The van der Waals surface area contributed by atoms with Crippen molar-refractivity contribution < 1.29 is 4.57 Å². The van der Waals surface area contributed by atoms with Crippen molar-refractivity contribution >= 4 is 99.0 Å². The second kappa shape index (κ2) is 14.3. The van der Waals surface area contributed by atoms with E-state index in [-0.39, 0.29) is 0 Å². The molecular weight excluding hydrogens is 518 g/mol. The minimum atomic E-state index is -2.45. The van der Waals surface area contributed by atoms with Gasteiger partial charge in [0.15, 0.2) is 0 Å². The van der Waals surface area contributed by atoms with Crippen LogP contribution in [0.25, 0.3) is 0 Å². The molecule has 1 aromatic rings. The molecule has 0 bridgehead atoms. The molecule has 0 saturated heterocycles. The van der Waals surface area contributed by atoms with Crippen LogP contribution in [0.15, 0.2) is 18.7 Å². The average Bonchev–Trinajstić information content (AvgIpc) is 2.57. The van der Waals surface area contributed by atoms with Gasteiger partial charge in [-0.2, -0.15) is 0 Å². The van der Waals surface area contributed by atoms with Crippen molar-refractivity contribution in [3.05, 3.63) is 18.7 Å². The van der Waals surface area contributed by atoms with Crippen molar-refractivity contribution in [1.82, 2.24) is 4.57 Å². The van der Waals surface area contributed by atoms with Crippen LogP contribution in [0.4, 0.5) is 0 Å². The number of hydrogen-bond acceptors (Lipinski definition) is 0. The van der Waals surface area contributed by atoms with Gasteiger partial charge in [-0.1, -0.05) is 13.3 Å². The largest absolute Gasteiger partial charge is 0.643 e. The van der Waals surface area contributed by atoms with E-state index >= 15 is 0 Å². The summed E-state index contributed by atoms with van der Waals surface area (Å²) in [4.78, 5) is 0. The van der Waals surface area contributed by atoms with E-state index in [0.717, 1.165) is 6.54 Å². The van der Waals surface area contributed by atoms with Crippen molar-refractivity contribution in [1.29, 1.82) is 0 Å². The molecule has 0 N–H and O–H groups in total. The van der Waals surface area contributed by atoms with Gasteiger partial charge in [0.05, 0.1) is 13.6 Å². The summed E-state index contributed by atoms with van der Waals surface area (Å²) in [6.07, 6.45) is 8.82. The number of hydrogen-bond donors (Lipinski definition) is 0. The third-order valence-electron chi connectivity index (χ3n) is 1.59. The summed E-state index contributed by atoms with van der Waals surface area (Å²) in [5.74, 6) is 0. The summed E-state index contributed by atoms with van der Waals surface area (Å²) < 4.78 is 4.28.